The highest BCUT2D eigenvalue weighted by atomic mass is 28.4. The molecule has 0 aromatic heterocycles. The second kappa shape index (κ2) is 12.2. The Balaban J connectivity index is 1.75. The van der Waals surface area contributed by atoms with Crippen molar-refractivity contribution < 1.29 is 23.5 Å². The molecule has 41 heavy (non-hydrogen) atoms. The number of nitrogens with zero attached hydrogens (tertiary/aromatic N) is 1. The van der Waals surface area contributed by atoms with Gasteiger partial charge in [0, 0.05) is 6.42 Å². The van der Waals surface area contributed by atoms with Gasteiger partial charge in [-0.25, -0.2) is 9.69 Å². The molecule has 1 aliphatic rings. The Labute approximate surface area is 245 Å². The van der Waals surface area contributed by atoms with Gasteiger partial charge in [0.05, 0.1) is 19.8 Å². The molecule has 218 valence electrons. The number of hydrogen-bond donors (Lipinski definition) is 0. The smallest absolute Gasteiger partial charge is 0.417 e. The molecule has 1 heterocycles. The van der Waals surface area contributed by atoms with E-state index >= 15 is 0 Å². The first-order valence-electron chi connectivity index (χ1n) is 14.3. The SMILES string of the molecule is COc1ccc([C@@H]2CC(=O)N(C(=O)OC(C)(C)C)[C@H](CO[Si](c3ccccc3)(c3ccccc3)C(C)(C)C)C2)cc1. The van der Waals surface area contributed by atoms with Gasteiger partial charge in [-0.05, 0) is 66.2 Å². The summed E-state index contributed by atoms with van der Waals surface area (Å²) in [5, 5.41) is 2.06. The molecule has 3 aromatic carbocycles. The van der Waals surface area contributed by atoms with E-state index in [0.29, 0.717) is 6.42 Å². The predicted molar refractivity (Wildman–Crippen MR) is 165 cm³/mol. The number of hydrogen-bond acceptors (Lipinski definition) is 5. The molecule has 4 rings (SSSR count). The van der Waals surface area contributed by atoms with Crippen LogP contribution in [0.3, 0.4) is 0 Å². The lowest BCUT2D eigenvalue weighted by atomic mass is 9.85. The number of rotatable bonds is 7. The number of carbonyl (C=O) groups excluding carboxylic acids is 2. The van der Waals surface area contributed by atoms with E-state index < -0.39 is 26.1 Å². The minimum absolute atomic E-state index is 0.0557. The molecule has 1 fully saturated rings. The third kappa shape index (κ3) is 6.74. The van der Waals surface area contributed by atoms with Crippen molar-refractivity contribution in [1.82, 2.24) is 4.90 Å². The van der Waals surface area contributed by atoms with Crippen molar-refractivity contribution in [3.8, 4) is 5.75 Å². The van der Waals surface area contributed by atoms with Crippen molar-refractivity contribution in [1.29, 1.82) is 0 Å². The van der Waals surface area contributed by atoms with Crippen LogP contribution in [0, 0.1) is 0 Å². The maximum atomic E-state index is 13.7. The van der Waals surface area contributed by atoms with Crippen molar-refractivity contribution in [3.05, 3.63) is 90.5 Å². The van der Waals surface area contributed by atoms with Crippen LogP contribution in [-0.4, -0.2) is 50.6 Å². The third-order valence-electron chi connectivity index (χ3n) is 7.70. The van der Waals surface area contributed by atoms with Gasteiger partial charge >= 0.3 is 6.09 Å². The predicted octanol–water partition coefficient (Wildman–Crippen LogP) is 6.28. The summed E-state index contributed by atoms with van der Waals surface area (Å²) < 4.78 is 18.3. The van der Waals surface area contributed by atoms with E-state index in [2.05, 4.69) is 45.0 Å². The standard InChI is InChI=1S/C34H43NO5Si/c1-33(2,3)40-32(37)35-27(22-26(23-31(35)36)25-18-20-28(38-7)21-19-25)24-39-41(34(4,5)6,29-14-10-8-11-15-29)30-16-12-9-13-17-30/h8-21,26-27H,22-24H2,1-7H3/t26-,27-/m0/s1. The van der Waals surface area contributed by atoms with Gasteiger partial charge in [-0.15, -0.1) is 0 Å². The molecule has 0 unspecified atom stereocenters. The quantitative estimate of drug-likeness (QED) is 0.311. The summed E-state index contributed by atoms with van der Waals surface area (Å²) in [6.07, 6.45) is 0.184. The first-order valence-corrected chi connectivity index (χ1v) is 16.2. The van der Waals surface area contributed by atoms with Crippen molar-refractivity contribution in [3.63, 3.8) is 0 Å². The summed E-state index contributed by atoms with van der Waals surface area (Å²) in [5.41, 5.74) is 0.312. The fourth-order valence-corrected chi connectivity index (χ4v) is 10.4. The van der Waals surface area contributed by atoms with Crippen LogP contribution in [0.1, 0.15) is 65.9 Å². The molecule has 6 nitrogen and oxygen atoms in total. The van der Waals surface area contributed by atoms with Crippen LogP contribution in [0.25, 0.3) is 0 Å². The Morgan fingerprint density at radius 3 is 1.85 bits per heavy atom. The average Bonchev–Trinajstić information content (AvgIpc) is 2.92. The van der Waals surface area contributed by atoms with Gasteiger partial charge in [0.2, 0.25) is 5.91 Å². The van der Waals surface area contributed by atoms with Gasteiger partial charge in [-0.1, -0.05) is 93.6 Å². The molecule has 0 aliphatic carbocycles. The number of benzene rings is 3. The molecule has 2 amide bonds. The molecule has 0 radical (unpaired) electrons. The molecule has 0 saturated carbocycles. The zero-order valence-electron chi connectivity index (χ0n) is 25.3. The maximum absolute atomic E-state index is 13.7. The highest BCUT2D eigenvalue weighted by Gasteiger charge is 2.51. The monoisotopic (exact) mass is 573 g/mol. The van der Waals surface area contributed by atoms with Crippen LogP contribution in [0.2, 0.25) is 5.04 Å². The Bertz CT molecular complexity index is 1270. The zero-order chi connectivity index (χ0) is 29.8. The minimum atomic E-state index is -2.89. The molecule has 0 N–H and O–H groups in total. The Morgan fingerprint density at radius 2 is 1.39 bits per heavy atom. The topological polar surface area (TPSA) is 65.1 Å². The summed E-state index contributed by atoms with van der Waals surface area (Å²) >= 11 is 0. The highest BCUT2D eigenvalue weighted by Crippen LogP contribution is 2.39. The number of likely N-dealkylation sites (tertiary alicyclic amines) is 1. The van der Waals surface area contributed by atoms with Gasteiger partial charge in [-0.2, -0.15) is 0 Å². The molecule has 3 aromatic rings. The number of amides is 2. The Morgan fingerprint density at radius 1 is 0.854 bits per heavy atom. The van der Waals surface area contributed by atoms with Gasteiger partial charge in [0.25, 0.3) is 8.32 Å². The van der Waals surface area contributed by atoms with E-state index in [4.69, 9.17) is 13.9 Å². The van der Waals surface area contributed by atoms with E-state index in [0.717, 1.165) is 21.7 Å². The largest absolute Gasteiger partial charge is 0.497 e. The number of carbonyl (C=O) groups is 2. The van der Waals surface area contributed by atoms with Crippen LogP contribution in [-0.2, 0) is 14.0 Å². The highest BCUT2D eigenvalue weighted by molar-refractivity contribution is 6.99. The fourth-order valence-electron chi connectivity index (χ4n) is 5.85. The molecule has 2 atom stereocenters. The maximum Gasteiger partial charge on any atom is 0.417 e. The Kier molecular flexibility index (Phi) is 9.09. The van der Waals surface area contributed by atoms with Gasteiger partial charge in [-0.3, -0.25) is 4.79 Å². The van der Waals surface area contributed by atoms with E-state index in [9.17, 15) is 9.59 Å². The molecule has 1 saturated heterocycles. The lowest BCUT2D eigenvalue weighted by molar-refractivity contribution is -0.136. The van der Waals surface area contributed by atoms with Crippen LogP contribution >= 0.6 is 0 Å². The lowest BCUT2D eigenvalue weighted by Gasteiger charge is -2.45. The number of methoxy groups -OCH3 is 1. The summed E-state index contributed by atoms with van der Waals surface area (Å²) in [6.45, 7) is 12.3. The second-order valence-corrected chi connectivity index (χ2v) is 17.1. The van der Waals surface area contributed by atoms with Crippen molar-refractivity contribution >= 4 is 30.7 Å². The van der Waals surface area contributed by atoms with Crippen LogP contribution in [0.5, 0.6) is 5.75 Å². The second-order valence-electron chi connectivity index (χ2n) is 12.8. The first-order chi connectivity index (χ1) is 19.4. The average molecular weight is 574 g/mol. The molecule has 0 bridgehead atoms. The van der Waals surface area contributed by atoms with Gasteiger partial charge < -0.3 is 13.9 Å². The van der Waals surface area contributed by atoms with E-state index in [1.165, 1.54) is 4.90 Å². The fraction of sp³-hybridized carbons (Fsp3) is 0.412. The zero-order valence-corrected chi connectivity index (χ0v) is 26.3. The summed E-state index contributed by atoms with van der Waals surface area (Å²) in [6, 6.07) is 28.1. The van der Waals surface area contributed by atoms with E-state index in [1.54, 1.807) is 7.11 Å². The Hall–Kier alpha value is -3.42. The normalized spacial score (nSPS) is 18.2. The van der Waals surface area contributed by atoms with Crippen LogP contribution in [0.15, 0.2) is 84.9 Å². The number of ether oxygens (including phenoxy) is 2. The van der Waals surface area contributed by atoms with Crippen LogP contribution < -0.4 is 15.1 Å². The molecule has 0 spiro atoms. The molecule has 1 aliphatic heterocycles. The van der Waals surface area contributed by atoms with E-state index in [1.807, 2.05) is 81.4 Å². The minimum Gasteiger partial charge on any atom is -0.497 e. The molecule has 7 heteroatoms. The summed E-state index contributed by atoms with van der Waals surface area (Å²) in [5.74, 6) is 0.458. The number of piperidine rings is 1. The van der Waals surface area contributed by atoms with Crippen molar-refractivity contribution in [2.75, 3.05) is 13.7 Å². The summed E-state index contributed by atoms with van der Waals surface area (Å²) in [7, 11) is -1.25. The van der Waals surface area contributed by atoms with Crippen molar-refractivity contribution in [2.24, 2.45) is 0 Å². The third-order valence-corrected chi connectivity index (χ3v) is 12.7. The number of imide groups is 1. The van der Waals surface area contributed by atoms with E-state index in [-0.39, 0.29) is 29.9 Å². The first kappa shape index (κ1) is 30.5. The van der Waals surface area contributed by atoms with Crippen molar-refractivity contribution in [2.45, 2.75) is 77.0 Å². The van der Waals surface area contributed by atoms with Crippen LogP contribution in [0.4, 0.5) is 4.79 Å². The summed E-state index contributed by atoms with van der Waals surface area (Å²) in [4.78, 5) is 28.4. The lowest BCUT2D eigenvalue weighted by Crippen LogP contribution is -2.67. The molecular formula is C34H43NO5Si. The van der Waals surface area contributed by atoms with Gasteiger partial charge in [0.15, 0.2) is 0 Å². The molecular weight excluding hydrogens is 530 g/mol. The van der Waals surface area contributed by atoms with Gasteiger partial charge in [0.1, 0.15) is 11.4 Å².